The second-order valence-electron chi connectivity index (χ2n) is 5.72. The molecule has 1 aliphatic heterocycles. The van der Waals surface area contributed by atoms with Gasteiger partial charge >= 0.3 is 5.63 Å². The van der Waals surface area contributed by atoms with Gasteiger partial charge in [-0.2, -0.15) is 4.31 Å². The summed E-state index contributed by atoms with van der Waals surface area (Å²) < 4.78 is 32.7. The van der Waals surface area contributed by atoms with E-state index in [9.17, 15) is 13.2 Å². The molecule has 0 amide bonds. The van der Waals surface area contributed by atoms with Gasteiger partial charge in [-0.3, -0.25) is 0 Å². The van der Waals surface area contributed by atoms with E-state index in [1.807, 2.05) is 6.92 Å². The highest BCUT2D eigenvalue weighted by atomic mass is 32.2. The molecule has 1 aliphatic rings. The Morgan fingerprint density at radius 2 is 2.13 bits per heavy atom. The van der Waals surface area contributed by atoms with Crippen LogP contribution in [0.25, 0.3) is 11.0 Å². The molecular formula is C16H20N2O4S. The smallest absolute Gasteiger partial charge is 0.336 e. The molecule has 1 N–H and O–H groups in total. The van der Waals surface area contributed by atoms with E-state index in [0.29, 0.717) is 24.1 Å². The van der Waals surface area contributed by atoms with Gasteiger partial charge in [0.05, 0.1) is 4.90 Å². The molecular weight excluding hydrogens is 316 g/mol. The third-order valence-corrected chi connectivity index (χ3v) is 6.03. The molecule has 0 saturated carbocycles. The molecule has 3 rings (SSSR count). The Labute approximate surface area is 135 Å². The SMILES string of the molecule is CCCN(C1CCNC1)S(=O)(=O)c1ccc2oc(=O)ccc2c1. The van der Waals surface area contributed by atoms with Crippen LogP contribution in [0, 0.1) is 0 Å². The second-order valence-corrected chi connectivity index (χ2v) is 7.61. The molecule has 1 aromatic heterocycles. The van der Waals surface area contributed by atoms with Gasteiger partial charge < -0.3 is 9.73 Å². The fourth-order valence-corrected chi connectivity index (χ4v) is 4.73. The quantitative estimate of drug-likeness (QED) is 0.838. The van der Waals surface area contributed by atoms with Crippen LogP contribution in [0.3, 0.4) is 0 Å². The number of benzene rings is 1. The Morgan fingerprint density at radius 3 is 2.83 bits per heavy atom. The highest BCUT2D eigenvalue weighted by Crippen LogP contribution is 2.24. The fourth-order valence-electron chi connectivity index (χ4n) is 2.95. The Balaban J connectivity index is 2.02. The molecule has 0 spiro atoms. The van der Waals surface area contributed by atoms with Gasteiger partial charge in [-0.15, -0.1) is 0 Å². The summed E-state index contributed by atoms with van der Waals surface area (Å²) >= 11 is 0. The number of nitrogens with one attached hydrogen (secondary N) is 1. The van der Waals surface area contributed by atoms with E-state index in [1.165, 1.54) is 12.1 Å². The minimum Gasteiger partial charge on any atom is -0.423 e. The molecule has 0 aliphatic carbocycles. The van der Waals surface area contributed by atoms with Crippen molar-refractivity contribution < 1.29 is 12.8 Å². The zero-order valence-corrected chi connectivity index (χ0v) is 13.8. The van der Waals surface area contributed by atoms with Crippen LogP contribution in [-0.2, 0) is 10.0 Å². The van der Waals surface area contributed by atoms with Gasteiger partial charge in [-0.1, -0.05) is 6.92 Å². The lowest BCUT2D eigenvalue weighted by Crippen LogP contribution is -2.41. The van der Waals surface area contributed by atoms with Crippen molar-refractivity contribution in [2.75, 3.05) is 19.6 Å². The number of sulfonamides is 1. The molecule has 7 heteroatoms. The average Bonchev–Trinajstić information content (AvgIpc) is 3.05. The normalized spacial score (nSPS) is 18.8. The molecule has 2 aromatic rings. The Morgan fingerprint density at radius 1 is 1.30 bits per heavy atom. The van der Waals surface area contributed by atoms with E-state index >= 15 is 0 Å². The van der Waals surface area contributed by atoms with Gasteiger partial charge in [0.25, 0.3) is 0 Å². The van der Waals surface area contributed by atoms with E-state index in [4.69, 9.17) is 4.42 Å². The Kier molecular flexibility index (Phi) is 4.52. The molecule has 23 heavy (non-hydrogen) atoms. The van der Waals surface area contributed by atoms with Crippen LogP contribution in [0.15, 0.2) is 44.4 Å². The van der Waals surface area contributed by atoms with Crippen molar-refractivity contribution in [3.05, 3.63) is 40.8 Å². The van der Waals surface area contributed by atoms with E-state index in [1.54, 1.807) is 22.5 Å². The largest absolute Gasteiger partial charge is 0.423 e. The summed E-state index contributed by atoms with van der Waals surface area (Å²) in [5.41, 5.74) is -0.0567. The maximum Gasteiger partial charge on any atom is 0.336 e. The van der Waals surface area contributed by atoms with Crippen LogP contribution < -0.4 is 10.9 Å². The van der Waals surface area contributed by atoms with E-state index in [2.05, 4.69) is 5.32 Å². The summed E-state index contributed by atoms with van der Waals surface area (Å²) in [6.45, 7) is 3.99. The fraction of sp³-hybridized carbons (Fsp3) is 0.438. The molecule has 1 atom stereocenters. The number of hydrogen-bond donors (Lipinski definition) is 1. The summed E-state index contributed by atoms with van der Waals surface area (Å²) in [5.74, 6) is 0. The topological polar surface area (TPSA) is 79.6 Å². The molecule has 1 fully saturated rings. The standard InChI is InChI=1S/C16H20N2O4S/c1-2-9-18(13-7-8-17-11-13)23(20,21)14-4-5-15-12(10-14)3-6-16(19)22-15/h3-6,10,13,17H,2,7-9,11H2,1H3. The van der Waals surface area contributed by atoms with Crippen LogP contribution in [0.4, 0.5) is 0 Å². The first kappa shape index (κ1) is 16.2. The lowest BCUT2D eigenvalue weighted by atomic mass is 10.2. The molecule has 1 aromatic carbocycles. The zero-order chi connectivity index (χ0) is 16.4. The van der Waals surface area contributed by atoms with Crippen molar-refractivity contribution in [1.29, 1.82) is 0 Å². The van der Waals surface area contributed by atoms with Gasteiger partial charge in [0.1, 0.15) is 5.58 Å². The van der Waals surface area contributed by atoms with Gasteiger partial charge in [-0.05, 0) is 43.7 Å². The van der Waals surface area contributed by atoms with Crippen LogP contribution in [-0.4, -0.2) is 38.4 Å². The molecule has 124 valence electrons. The van der Waals surface area contributed by atoms with Gasteiger partial charge in [0.15, 0.2) is 0 Å². The summed E-state index contributed by atoms with van der Waals surface area (Å²) in [5, 5.41) is 3.82. The predicted octanol–water partition coefficient (Wildman–Crippen LogP) is 1.56. The average molecular weight is 336 g/mol. The minimum atomic E-state index is -3.57. The van der Waals surface area contributed by atoms with Gasteiger partial charge in [0.2, 0.25) is 10.0 Å². The van der Waals surface area contributed by atoms with Crippen molar-refractivity contribution in [2.24, 2.45) is 0 Å². The summed E-state index contributed by atoms with van der Waals surface area (Å²) in [4.78, 5) is 11.5. The van der Waals surface area contributed by atoms with E-state index in [-0.39, 0.29) is 10.9 Å². The lowest BCUT2D eigenvalue weighted by Gasteiger charge is -2.27. The van der Waals surface area contributed by atoms with Crippen molar-refractivity contribution >= 4 is 21.0 Å². The van der Waals surface area contributed by atoms with Crippen LogP contribution in [0.1, 0.15) is 19.8 Å². The molecule has 2 heterocycles. The van der Waals surface area contributed by atoms with Gasteiger partial charge in [0, 0.05) is 30.6 Å². The third-order valence-electron chi connectivity index (χ3n) is 4.08. The third kappa shape index (κ3) is 3.17. The van der Waals surface area contributed by atoms with Crippen molar-refractivity contribution in [2.45, 2.75) is 30.7 Å². The molecule has 6 nitrogen and oxygen atoms in total. The van der Waals surface area contributed by atoms with Crippen molar-refractivity contribution in [3.63, 3.8) is 0 Å². The minimum absolute atomic E-state index is 0.00986. The first-order chi connectivity index (χ1) is 11.0. The summed E-state index contributed by atoms with van der Waals surface area (Å²) in [6, 6.07) is 7.49. The number of rotatable bonds is 5. The molecule has 1 unspecified atom stereocenters. The molecule has 1 saturated heterocycles. The van der Waals surface area contributed by atoms with Crippen LogP contribution in [0.2, 0.25) is 0 Å². The first-order valence-corrected chi connectivity index (χ1v) is 9.23. The second kappa shape index (κ2) is 6.43. The van der Waals surface area contributed by atoms with Crippen molar-refractivity contribution in [3.8, 4) is 0 Å². The Bertz CT molecular complexity index is 854. The monoisotopic (exact) mass is 336 g/mol. The lowest BCUT2D eigenvalue weighted by molar-refractivity contribution is 0.335. The molecule has 0 radical (unpaired) electrons. The maximum atomic E-state index is 13.0. The van der Waals surface area contributed by atoms with Crippen molar-refractivity contribution in [1.82, 2.24) is 9.62 Å². The number of nitrogens with zero attached hydrogens (tertiary/aromatic N) is 1. The first-order valence-electron chi connectivity index (χ1n) is 7.79. The highest BCUT2D eigenvalue weighted by molar-refractivity contribution is 7.89. The Hall–Kier alpha value is -1.70. The van der Waals surface area contributed by atoms with E-state index in [0.717, 1.165) is 19.4 Å². The predicted molar refractivity (Wildman–Crippen MR) is 87.9 cm³/mol. The van der Waals surface area contributed by atoms with Gasteiger partial charge in [-0.25, -0.2) is 13.2 Å². The highest BCUT2D eigenvalue weighted by Gasteiger charge is 2.32. The molecule has 0 bridgehead atoms. The van der Waals surface area contributed by atoms with E-state index < -0.39 is 15.6 Å². The summed E-state index contributed by atoms with van der Waals surface area (Å²) in [7, 11) is -3.57. The maximum absolute atomic E-state index is 13.0. The number of hydrogen-bond acceptors (Lipinski definition) is 5. The number of fused-ring (bicyclic) bond motifs is 1. The summed E-state index contributed by atoms with van der Waals surface area (Å²) in [6.07, 6.45) is 1.58. The van der Waals surface area contributed by atoms with Crippen LogP contribution in [0.5, 0.6) is 0 Å². The zero-order valence-electron chi connectivity index (χ0n) is 13.0. The van der Waals surface area contributed by atoms with Crippen LogP contribution >= 0.6 is 0 Å².